The van der Waals surface area contributed by atoms with E-state index in [9.17, 15) is 5.26 Å². The van der Waals surface area contributed by atoms with E-state index in [0.29, 0.717) is 17.9 Å². The lowest BCUT2D eigenvalue weighted by molar-refractivity contribution is -0.0371. The molecule has 8 rings (SSSR count). The molecule has 128 valence electrons. The summed E-state index contributed by atoms with van der Waals surface area (Å²) in [5.74, 6) is 6.37. The van der Waals surface area contributed by atoms with Gasteiger partial charge in [0, 0.05) is 11.8 Å². The zero-order chi connectivity index (χ0) is 15.9. The van der Waals surface area contributed by atoms with Crippen LogP contribution < -0.4 is 0 Å². The molecule has 0 spiro atoms. The molecule has 0 radical (unpaired) electrons. The van der Waals surface area contributed by atoms with E-state index in [1.807, 2.05) is 0 Å². The van der Waals surface area contributed by atoms with Crippen molar-refractivity contribution in [3.63, 3.8) is 0 Å². The number of nitrogens with zero attached hydrogens (tertiary/aromatic N) is 3. The third kappa shape index (κ3) is 1.84. The summed E-state index contributed by atoms with van der Waals surface area (Å²) in [5.41, 5.74) is -0.442. The van der Waals surface area contributed by atoms with Crippen molar-refractivity contribution in [2.45, 2.75) is 75.8 Å². The molecule has 0 unspecified atom stereocenters. The fraction of sp³-hybridized carbons (Fsp3) is 0.952. The lowest BCUT2D eigenvalue weighted by atomic mass is 9.49. The van der Waals surface area contributed by atoms with Gasteiger partial charge in [-0.1, -0.05) is 0 Å². The van der Waals surface area contributed by atoms with Crippen LogP contribution in [0.25, 0.3) is 0 Å². The van der Waals surface area contributed by atoms with Crippen LogP contribution in [0.4, 0.5) is 0 Å². The van der Waals surface area contributed by atoms with Crippen LogP contribution in [-0.4, -0.2) is 11.6 Å². The van der Waals surface area contributed by atoms with Gasteiger partial charge < -0.3 is 0 Å². The van der Waals surface area contributed by atoms with Crippen LogP contribution in [-0.2, 0) is 0 Å². The van der Waals surface area contributed by atoms with Gasteiger partial charge in [-0.15, -0.1) is 0 Å². The molecule has 24 heavy (non-hydrogen) atoms. The van der Waals surface area contributed by atoms with E-state index in [1.165, 1.54) is 64.2 Å². The summed E-state index contributed by atoms with van der Waals surface area (Å²) in [4.78, 5) is 0. The van der Waals surface area contributed by atoms with Crippen LogP contribution in [0.2, 0.25) is 0 Å². The molecule has 8 bridgehead atoms. The van der Waals surface area contributed by atoms with Crippen LogP contribution in [0.1, 0.15) is 64.2 Å². The average Bonchev–Trinajstić information content (AvgIpc) is 2.55. The molecular formula is C21H29N3. The Bertz CT molecular complexity index is 559. The summed E-state index contributed by atoms with van der Waals surface area (Å²) in [6.45, 7) is 0. The van der Waals surface area contributed by atoms with E-state index in [4.69, 9.17) is 10.2 Å². The van der Waals surface area contributed by atoms with Crippen LogP contribution in [0.5, 0.6) is 0 Å². The van der Waals surface area contributed by atoms with Gasteiger partial charge in [0.05, 0.1) is 12.1 Å². The van der Waals surface area contributed by atoms with Crippen molar-refractivity contribution in [2.24, 2.45) is 57.6 Å². The summed E-state index contributed by atoms with van der Waals surface area (Å²) >= 11 is 0. The lowest BCUT2D eigenvalue weighted by Gasteiger charge is -2.56. The third-order valence-corrected chi connectivity index (χ3v) is 9.10. The Kier molecular flexibility index (Phi) is 2.88. The maximum atomic E-state index is 10.1. The smallest absolute Gasteiger partial charge is 0.173 e. The Morgan fingerprint density at radius 2 is 1.12 bits per heavy atom. The first-order chi connectivity index (χ1) is 11.7. The highest BCUT2D eigenvalue weighted by Crippen LogP contribution is 2.60. The standard InChI is InChI=1S/C21H29N3/c22-11-21(18-7-14-2-15(9-18)10-19(21)8-14)24-23-20-16-3-12-1-13(5-16)6-17(20)4-12/h12-20H,1-10H2. The molecule has 8 aliphatic rings. The van der Waals surface area contributed by atoms with Gasteiger partial charge in [-0.3, -0.25) is 0 Å². The molecule has 8 saturated carbocycles. The van der Waals surface area contributed by atoms with Crippen molar-refractivity contribution in [2.75, 3.05) is 0 Å². The average molecular weight is 323 g/mol. The molecule has 0 atom stereocenters. The molecule has 0 saturated heterocycles. The van der Waals surface area contributed by atoms with Crippen LogP contribution in [0, 0.1) is 58.7 Å². The first kappa shape index (κ1) is 14.3. The molecule has 0 aromatic heterocycles. The van der Waals surface area contributed by atoms with Gasteiger partial charge in [0.1, 0.15) is 0 Å². The number of hydrogen-bond acceptors (Lipinski definition) is 3. The molecule has 0 N–H and O–H groups in total. The maximum absolute atomic E-state index is 10.1. The van der Waals surface area contributed by atoms with E-state index in [-0.39, 0.29) is 0 Å². The van der Waals surface area contributed by atoms with Crippen LogP contribution in [0.3, 0.4) is 0 Å². The monoisotopic (exact) mass is 323 g/mol. The highest BCUT2D eigenvalue weighted by Gasteiger charge is 2.59. The van der Waals surface area contributed by atoms with E-state index in [1.54, 1.807) is 0 Å². The summed E-state index contributed by atoms with van der Waals surface area (Å²) in [6.07, 6.45) is 13.5. The molecule has 8 aliphatic carbocycles. The van der Waals surface area contributed by atoms with Crippen molar-refractivity contribution in [1.82, 2.24) is 0 Å². The zero-order valence-electron chi connectivity index (χ0n) is 14.6. The highest BCUT2D eigenvalue weighted by molar-refractivity contribution is 5.21. The van der Waals surface area contributed by atoms with Crippen LogP contribution >= 0.6 is 0 Å². The Morgan fingerprint density at radius 3 is 1.58 bits per heavy atom. The second-order valence-electron chi connectivity index (χ2n) is 10.4. The van der Waals surface area contributed by atoms with Gasteiger partial charge in [-0.25, -0.2) is 0 Å². The molecule has 8 fully saturated rings. The van der Waals surface area contributed by atoms with Gasteiger partial charge >= 0.3 is 0 Å². The Hall–Kier alpha value is -0.910. The second kappa shape index (κ2) is 4.83. The second-order valence-corrected chi connectivity index (χ2v) is 10.4. The summed E-state index contributed by atoms with van der Waals surface area (Å²) in [5, 5.41) is 20.1. The van der Waals surface area contributed by atoms with Crippen LogP contribution in [0.15, 0.2) is 10.2 Å². The lowest BCUT2D eigenvalue weighted by Crippen LogP contribution is -2.56. The van der Waals surface area contributed by atoms with Crippen molar-refractivity contribution < 1.29 is 0 Å². The molecule has 0 heterocycles. The summed E-state index contributed by atoms with van der Waals surface area (Å²) in [6, 6.07) is 3.18. The van der Waals surface area contributed by atoms with E-state index in [2.05, 4.69) is 6.07 Å². The molecule has 0 aromatic carbocycles. The zero-order valence-corrected chi connectivity index (χ0v) is 14.6. The molecular weight excluding hydrogens is 294 g/mol. The van der Waals surface area contributed by atoms with E-state index >= 15 is 0 Å². The van der Waals surface area contributed by atoms with Gasteiger partial charge in [-0.2, -0.15) is 15.5 Å². The molecule has 0 amide bonds. The Balaban J connectivity index is 1.30. The van der Waals surface area contributed by atoms with E-state index in [0.717, 1.165) is 35.5 Å². The molecule has 0 aliphatic heterocycles. The van der Waals surface area contributed by atoms with Crippen molar-refractivity contribution in [1.29, 1.82) is 5.26 Å². The van der Waals surface area contributed by atoms with E-state index < -0.39 is 5.54 Å². The Labute approximate surface area is 145 Å². The summed E-state index contributed by atoms with van der Waals surface area (Å²) in [7, 11) is 0. The minimum absolute atomic E-state index is 0.442. The maximum Gasteiger partial charge on any atom is 0.173 e. The van der Waals surface area contributed by atoms with Gasteiger partial charge in [0.15, 0.2) is 5.54 Å². The quantitative estimate of drug-likeness (QED) is 0.661. The van der Waals surface area contributed by atoms with Gasteiger partial charge in [0.25, 0.3) is 0 Å². The first-order valence-corrected chi connectivity index (χ1v) is 10.6. The first-order valence-electron chi connectivity index (χ1n) is 10.6. The topological polar surface area (TPSA) is 48.5 Å². The predicted octanol–water partition coefficient (Wildman–Crippen LogP) is 4.98. The molecule has 0 aromatic rings. The summed E-state index contributed by atoms with van der Waals surface area (Å²) < 4.78 is 0. The number of nitriles is 1. The fourth-order valence-corrected chi connectivity index (χ4v) is 8.52. The third-order valence-electron chi connectivity index (χ3n) is 9.10. The SMILES string of the molecule is N#CC1(N=NC2C3CC4CC(C3)CC2C4)C2CC3CC(C2)CC1C3. The number of hydrogen-bond donors (Lipinski definition) is 0. The van der Waals surface area contributed by atoms with Crippen molar-refractivity contribution in [3.05, 3.63) is 0 Å². The highest BCUT2D eigenvalue weighted by atomic mass is 15.2. The van der Waals surface area contributed by atoms with Crippen molar-refractivity contribution in [3.8, 4) is 6.07 Å². The number of rotatable bonds is 2. The Morgan fingerprint density at radius 1 is 0.667 bits per heavy atom. The fourth-order valence-electron chi connectivity index (χ4n) is 8.52. The minimum atomic E-state index is -0.442. The van der Waals surface area contributed by atoms with Gasteiger partial charge in [0.2, 0.25) is 0 Å². The molecule has 3 heteroatoms. The van der Waals surface area contributed by atoms with Crippen molar-refractivity contribution >= 4 is 0 Å². The predicted molar refractivity (Wildman–Crippen MR) is 91.1 cm³/mol. The molecule has 3 nitrogen and oxygen atoms in total. The minimum Gasteiger partial charge on any atom is -0.196 e. The normalized spacial score (nSPS) is 60.0. The number of azo groups is 1. The van der Waals surface area contributed by atoms with Gasteiger partial charge in [-0.05, 0) is 99.7 Å². The largest absolute Gasteiger partial charge is 0.196 e.